The van der Waals surface area contributed by atoms with Crippen molar-refractivity contribution in [3.63, 3.8) is 0 Å². The summed E-state index contributed by atoms with van der Waals surface area (Å²) in [7, 11) is -3.77. The number of anilines is 2. The number of urea groups is 1. The molecule has 0 unspecified atom stereocenters. The van der Waals surface area contributed by atoms with E-state index in [1.165, 1.54) is 30.5 Å². The number of benzene rings is 2. The summed E-state index contributed by atoms with van der Waals surface area (Å²) in [6, 6.07) is 13.1. The van der Waals surface area contributed by atoms with Crippen LogP contribution in [-0.2, 0) is 10.0 Å². The summed E-state index contributed by atoms with van der Waals surface area (Å²) >= 11 is 1.16. The highest BCUT2D eigenvalue weighted by atomic mass is 32.2. The topological polar surface area (TPSA) is 117 Å². The Hall–Kier alpha value is -3.24. The molecule has 0 atom stereocenters. The maximum absolute atomic E-state index is 12.2. The smallest absolute Gasteiger partial charge is 0.308 e. The number of carbonyl (C=O) groups excluding carboxylic acids is 2. The number of nitrogens with zero attached hydrogens (tertiary/aromatic N) is 1. The van der Waals surface area contributed by atoms with Gasteiger partial charge in [-0.1, -0.05) is 18.2 Å². The Labute approximate surface area is 159 Å². The molecule has 0 saturated carbocycles. The third-order valence-corrected chi connectivity index (χ3v) is 5.51. The van der Waals surface area contributed by atoms with E-state index in [-0.39, 0.29) is 10.0 Å². The van der Waals surface area contributed by atoms with Gasteiger partial charge in [0.15, 0.2) is 5.13 Å². The molecule has 0 saturated heterocycles. The van der Waals surface area contributed by atoms with Gasteiger partial charge in [-0.2, -0.15) is 0 Å². The van der Waals surface area contributed by atoms with Crippen LogP contribution in [0.5, 0.6) is 0 Å². The molecule has 3 N–H and O–H groups in total. The molecular formula is C17H14N4O4S2. The van der Waals surface area contributed by atoms with Gasteiger partial charge in [0.05, 0.1) is 4.90 Å². The molecule has 27 heavy (non-hydrogen) atoms. The highest BCUT2D eigenvalue weighted by Gasteiger charge is 2.16. The van der Waals surface area contributed by atoms with Crippen LogP contribution in [0.25, 0.3) is 0 Å². The van der Waals surface area contributed by atoms with Crippen molar-refractivity contribution < 1.29 is 18.0 Å². The van der Waals surface area contributed by atoms with Gasteiger partial charge in [-0.25, -0.2) is 18.2 Å². The normalized spacial score (nSPS) is 10.8. The number of imide groups is 1. The quantitative estimate of drug-likeness (QED) is 0.607. The second-order valence-electron chi connectivity index (χ2n) is 5.24. The minimum Gasteiger partial charge on any atom is -0.308 e. The predicted octanol–water partition coefficient (Wildman–Crippen LogP) is 2.91. The van der Waals surface area contributed by atoms with Crippen molar-refractivity contribution in [2.45, 2.75) is 4.90 Å². The van der Waals surface area contributed by atoms with Crippen LogP contribution in [0.4, 0.5) is 15.6 Å². The van der Waals surface area contributed by atoms with Crippen molar-refractivity contribution in [1.82, 2.24) is 10.3 Å². The molecule has 0 aliphatic heterocycles. The Morgan fingerprint density at radius 2 is 1.67 bits per heavy atom. The van der Waals surface area contributed by atoms with Crippen molar-refractivity contribution in [2.24, 2.45) is 0 Å². The van der Waals surface area contributed by atoms with Crippen molar-refractivity contribution in [3.8, 4) is 0 Å². The molecule has 0 bridgehead atoms. The first-order valence-corrected chi connectivity index (χ1v) is 10.00. The summed E-state index contributed by atoms with van der Waals surface area (Å²) in [6.07, 6.45) is 1.49. The Morgan fingerprint density at radius 3 is 2.30 bits per heavy atom. The fourth-order valence-electron chi connectivity index (χ4n) is 2.09. The minimum atomic E-state index is -3.77. The van der Waals surface area contributed by atoms with Crippen LogP contribution in [0.3, 0.4) is 0 Å². The lowest BCUT2D eigenvalue weighted by molar-refractivity contribution is 0.0967. The van der Waals surface area contributed by atoms with Gasteiger partial charge < -0.3 is 5.32 Å². The Bertz CT molecular complexity index is 1030. The molecule has 3 amide bonds. The summed E-state index contributed by atoms with van der Waals surface area (Å²) in [5.41, 5.74) is 0.684. The summed E-state index contributed by atoms with van der Waals surface area (Å²) in [5.74, 6) is -0.542. The third kappa shape index (κ3) is 4.90. The minimum absolute atomic E-state index is 0.0176. The van der Waals surface area contributed by atoms with E-state index >= 15 is 0 Å². The lowest BCUT2D eigenvalue weighted by atomic mass is 10.2. The van der Waals surface area contributed by atoms with Gasteiger partial charge in [-0.15, -0.1) is 11.3 Å². The van der Waals surface area contributed by atoms with Crippen LogP contribution in [0, 0.1) is 0 Å². The number of thiazole rings is 1. The van der Waals surface area contributed by atoms with E-state index < -0.39 is 22.0 Å². The average Bonchev–Trinajstić information content (AvgIpc) is 3.15. The summed E-state index contributed by atoms with van der Waals surface area (Å²) in [6.45, 7) is 0. The van der Waals surface area contributed by atoms with Crippen molar-refractivity contribution in [3.05, 3.63) is 71.7 Å². The molecule has 10 heteroatoms. The maximum atomic E-state index is 12.2. The lowest BCUT2D eigenvalue weighted by Crippen LogP contribution is -2.34. The summed E-state index contributed by atoms with van der Waals surface area (Å²) in [5, 5.41) is 6.58. The molecular weight excluding hydrogens is 388 g/mol. The van der Waals surface area contributed by atoms with E-state index in [0.29, 0.717) is 11.3 Å². The van der Waals surface area contributed by atoms with Gasteiger partial charge in [0, 0.05) is 22.8 Å². The molecule has 0 radical (unpaired) electrons. The molecule has 0 aliphatic carbocycles. The molecule has 1 aromatic heterocycles. The first-order chi connectivity index (χ1) is 12.9. The largest absolute Gasteiger partial charge is 0.326 e. The number of hydrogen-bond acceptors (Lipinski definition) is 6. The summed E-state index contributed by atoms with van der Waals surface area (Å²) < 4.78 is 26.8. The average molecular weight is 402 g/mol. The van der Waals surface area contributed by atoms with Crippen molar-refractivity contribution in [1.29, 1.82) is 0 Å². The predicted molar refractivity (Wildman–Crippen MR) is 102 cm³/mol. The number of carbonyl (C=O) groups is 2. The van der Waals surface area contributed by atoms with Crippen molar-refractivity contribution >= 4 is 44.1 Å². The fourth-order valence-corrected chi connectivity index (χ4v) is 3.88. The third-order valence-electron chi connectivity index (χ3n) is 3.34. The molecule has 2 aromatic carbocycles. The van der Waals surface area contributed by atoms with Gasteiger partial charge in [-0.05, 0) is 36.4 Å². The molecule has 3 aromatic rings. The van der Waals surface area contributed by atoms with E-state index in [9.17, 15) is 18.0 Å². The number of nitrogens with one attached hydrogen (secondary N) is 3. The van der Waals surface area contributed by atoms with E-state index in [0.717, 1.165) is 11.3 Å². The van der Waals surface area contributed by atoms with E-state index in [2.05, 4.69) is 20.3 Å². The first kappa shape index (κ1) is 18.5. The monoisotopic (exact) mass is 402 g/mol. The molecule has 1 heterocycles. The molecule has 0 spiro atoms. The zero-order valence-electron chi connectivity index (χ0n) is 13.7. The fraction of sp³-hybridized carbons (Fsp3) is 0. The van der Waals surface area contributed by atoms with Crippen LogP contribution < -0.4 is 15.4 Å². The van der Waals surface area contributed by atoms with Crippen LogP contribution in [-0.4, -0.2) is 25.3 Å². The number of rotatable bonds is 5. The van der Waals surface area contributed by atoms with Gasteiger partial charge in [-0.3, -0.25) is 14.8 Å². The lowest BCUT2D eigenvalue weighted by Gasteiger charge is -2.08. The SMILES string of the molecule is O=C(NC(=O)c1ccccc1)Nc1ccc(S(=O)(=O)Nc2nccs2)cc1. The molecule has 8 nitrogen and oxygen atoms in total. The van der Waals surface area contributed by atoms with E-state index in [1.807, 2.05) is 0 Å². The standard InChI is InChI=1S/C17H14N4O4S2/c22-15(12-4-2-1-3-5-12)20-16(23)19-13-6-8-14(9-7-13)27(24,25)21-17-18-10-11-26-17/h1-11H,(H,18,21)(H2,19,20,22,23). The van der Waals surface area contributed by atoms with Gasteiger partial charge in [0.25, 0.3) is 15.9 Å². The van der Waals surface area contributed by atoms with E-state index in [1.54, 1.807) is 35.7 Å². The highest BCUT2D eigenvalue weighted by molar-refractivity contribution is 7.93. The van der Waals surface area contributed by atoms with Gasteiger partial charge in [0.1, 0.15) is 0 Å². The Morgan fingerprint density at radius 1 is 0.963 bits per heavy atom. The second-order valence-corrected chi connectivity index (χ2v) is 7.82. The number of amides is 3. The van der Waals surface area contributed by atoms with Crippen LogP contribution in [0.2, 0.25) is 0 Å². The highest BCUT2D eigenvalue weighted by Crippen LogP contribution is 2.19. The first-order valence-electron chi connectivity index (χ1n) is 7.64. The van der Waals surface area contributed by atoms with Gasteiger partial charge >= 0.3 is 6.03 Å². The number of aromatic nitrogens is 1. The van der Waals surface area contributed by atoms with Gasteiger partial charge in [0.2, 0.25) is 0 Å². The molecule has 0 fully saturated rings. The number of sulfonamides is 1. The second kappa shape index (κ2) is 7.98. The zero-order valence-corrected chi connectivity index (χ0v) is 15.4. The Balaban J connectivity index is 1.62. The summed E-state index contributed by atoms with van der Waals surface area (Å²) in [4.78, 5) is 27.7. The van der Waals surface area contributed by atoms with E-state index in [4.69, 9.17) is 0 Å². The van der Waals surface area contributed by atoms with Crippen molar-refractivity contribution in [2.75, 3.05) is 10.0 Å². The van der Waals surface area contributed by atoms with Crippen LogP contribution in [0.1, 0.15) is 10.4 Å². The van der Waals surface area contributed by atoms with Crippen LogP contribution >= 0.6 is 11.3 Å². The molecule has 0 aliphatic rings. The molecule has 138 valence electrons. The van der Waals surface area contributed by atoms with Crippen LogP contribution in [0.15, 0.2) is 71.1 Å². The maximum Gasteiger partial charge on any atom is 0.326 e. The molecule has 3 rings (SSSR count). The Kier molecular flexibility index (Phi) is 5.48. The zero-order chi connectivity index (χ0) is 19.3. The number of hydrogen-bond donors (Lipinski definition) is 3.